The molecular weight excluding hydrogens is 176 g/mol. The van der Waals surface area contributed by atoms with Crippen LogP contribution in [0.25, 0.3) is 0 Å². The summed E-state index contributed by atoms with van der Waals surface area (Å²) in [5, 5.41) is 8.13. The van der Waals surface area contributed by atoms with Crippen LogP contribution < -0.4 is 10.6 Å². The molecule has 0 fully saturated rings. The van der Waals surface area contributed by atoms with Gasteiger partial charge in [0.05, 0.1) is 5.69 Å². The largest absolute Gasteiger partial charge is 0.352 e. The standard InChI is InChI=1S/C10H18N4/c1-8-5-6-9(13-12-8)14(4)10(2,3)7-11/h5-6H,7,11H2,1-4H3. The summed E-state index contributed by atoms with van der Waals surface area (Å²) in [6.45, 7) is 6.66. The van der Waals surface area contributed by atoms with Crippen molar-refractivity contribution in [3.8, 4) is 0 Å². The van der Waals surface area contributed by atoms with E-state index in [0.29, 0.717) is 6.54 Å². The molecule has 0 spiro atoms. The zero-order valence-electron chi connectivity index (χ0n) is 9.28. The first-order valence-corrected chi connectivity index (χ1v) is 4.71. The smallest absolute Gasteiger partial charge is 0.151 e. The SMILES string of the molecule is Cc1ccc(N(C)C(C)(C)CN)nn1. The van der Waals surface area contributed by atoms with Crippen molar-refractivity contribution in [1.29, 1.82) is 0 Å². The highest BCUT2D eigenvalue weighted by molar-refractivity contribution is 5.39. The Balaban J connectivity index is 2.89. The number of rotatable bonds is 3. The molecule has 1 heterocycles. The average molecular weight is 194 g/mol. The minimum atomic E-state index is -0.0933. The fourth-order valence-corrected chi connectivity index (χ4v) is 1.02. The van der Waals surface area contributed by atoms with E-state index in [4.69, 9.17) is 5.73 Å². The predicted octanol–water partition coefficient (Wildman–Crippen LogP) is 0.959. The van der Waals surface area contributed by atoms with E-state index in [9.17, 15) is 0 Å². The van der Waals surface area contributed by atoms with E-state index in [1.807, 2.05) is 31.0 Å². The summed E-state index contributed by atoms with van der Waals surface area (Å²) in [5.74, 6) is 0.853. The van der Waals surface area contributed by atoms with Crippen LogP contribution in [0.3, 0.4) is 0 Å². The molecule has 78 valence electrons. The molecule has 1 aromatic rings. The molecule has 0 amide bonds. The Morgan fingerprint density at radius 2 is 2.00 bits per heavy atom. The van der Waals surface area contributed by atoms with E-state index in [-0.39, 0.29) is 5.54 Å². The molecule has 0 unspecified atom stereocenters. The number of hydrogen-bond acceptors (Lipinski definition) is 4. The van der Waals surface area contributed by atoms with Crippen LogP contribution >= 0.6 is 0 Å². The lowest BCUT2D eigenvalue weighted by molar-refractivity contribution is 0.493. The summed E-state index contributed by atoms with van der Waals surface area (Å²) in [4.78, 5) is 2.04. The second-order valence-corrected chi connectivity index (χ2v) is 4.11. The summed E-state index contributed by atoms with van der Waals surface area (Å²) in [7, 11) is 1.98. The van der Waals surface area contributed by atoms with Crippen LogP contribution in [0.5, 0.6) is 0 Å². The molecule has 0 aromatic carbocycles. The van der Waals surface area contributed by atoms with Gasteiger partial charge in [-0.15, -0.1) is 5.10 Å². The van der Waals surface area contributed by atoms with Gasteiger partial charge in [0, 0.05) is 19.1 Å². The van der Waals surface area contributed by atoms with Crippen LogP contribution in [0.1, 0.15) is 19.5 Å². The Kier molecular flexibility index (Phi) is 3.06. The zero-order valence-corrected chi connectivity index (χ0v) is 9.28. The molecule has 0 aliphatic heterocycles. The minimum absolute atomic E-state index is 0.0933. The zero-order chi connectivity index (χ0) is 10.8. The predicted molar refractivity (Wildman–Crippen MR) is 58.3 cm³/mol. The number of likely N-dealkylation sites (N-methyl/N-ethyl adjacent to an activating group) is 1. The first-order valence-electron chi connectivity index (χ1n) is 4.71. The van der Waals surface area contributed by atoms with Gasteiger partial charge in [0.25, 0.3) is 0 Å². The van der Waals surface area contributed by atoms with Gasteiger partial charge in [-0.1, -0.05) is 0 Å². The van der Waals surface area contributed by atoms with Crippen LogP contribution in [0.4, 0.5) is 5.82 Å². The molecule has 14 heavy (non-hydrogen) atoms. The summed E-state index contributed by atoms with van der Waals surface area (Å²) in [5.41, 5.74) is 6.52. The van der Waals surface area contributed by atoms with Gasteiger partial charge in [0.2, 0.25) is 0 Å². The molecular formula is C10H18N4. The number of nitrogens with two attached hydrogens (primary N) is 1. The maximum absolute atomic E-state index is 5.68. The fourth-order valence-electron chi connectivity index (χ4n) is 1.02. The third-order valence-corrected chi connectivity index (χ3v) is 2.53. The van der Waals surface area contributed by atoms with Gasteiger partial charge in [-0.2, -0.15) is 5.10 Å². The molecule has 2 N–H and O–H groups in total. The lowest BCUT2D eigenvalue weighted by atomic mass is 10.0. The van der Waals surface area contributed by atoms with Gasteiger partial charge in [-0.25, -0.2) is 0 Å². The van der Waals surface area contributed by atoms with Crippen LogP contribution in [0.15, 0.2) is 12.1 Å². The van der Waals surface area contributed by atoms with Crippen molar-refractivity contribution in [1.82, 2.24) is 10.2 Å². The van der Waals surface area contributed by atoms with Crippen LogP contribution in [0, 0.1) is 6.92 Å². The maximum atomic E-state index is 5.68. The summed E-state index contributed by atoms with van der Waals surface area (Å²) >= 11 is 0. The Morgan fingerprint density at radius 1 is 1.36 bits per heavy atom. The van der Waals surface area contributed by atoms with E-state index < -0.39 is 0 Å². The van der Waals surface area contributed by atoms with E-state index in [1.54, 1.807) is 0 Å². The van der Waals surface area contributed by atoms with Gasteiger partial charge in [-0.3, -0.25) is 0 Å². The molecule has 1 aromatic heterocycles. The van der Waals surface area contributed by atoms with Gasteiger partial charge in [0.1, 0.15) is 0 Å². The average Bonchev–Trinajstić information content (AvgIpc) is 2.18. The Morgan fingerprint density at radius 3 is 2.43 bits per heavy atom. The minimum Gasteiger partial charge on any atom is -0.352 e. The van der Waals surface area contributed by atoms with E-state index in [0.717, 1.165) is 11.5 Å². The normalized spacial score (nSPS) is 11.5. The van der Waals surface area contributed by atoms with Crippen molar-refractivity contribution >= 4 is 5.82 Å². The molecule has 0 atom stereocenters. The summed E-state index contributed by atoms with van der Waals surface area (Å²) in [6.07, 6.45) is 0. The van der Waals surface area contributed by atoms with Crippen LogP contribution in [-0.2, 0) is 0 Å². The highest BCUT2D eigenvalue weighted by atomic mass is 15.3. The Hall–Kier alpha value is -1.16. The van der Waals surface area contributed by atoms with Crippen molar-refractivity contribution in [2.24, 2.45) is 5.73 Å². The lowest BCUT2D eigenvalue weighted by Gasteiger charge is -2.35. The van der Waals surface area contributed by atoms with E-state index in [1.165, 1.54) is 0 Å². The number of nitrogens with zero attached hydrogens (tertiary/aromatic N) is 3. The molecule has 4 nitrogen and oxygen atoms in total. The van der Waals surface area contributed by atoms with Crippen molar-refractivity contribution < 1.29 is 0 Å². The number of hydrogen-bond donors (Lipinski definition) is 1. The number of aromatic nitrogens is 2. The third kappa shape index (κ3) is 2.20. The number of anilines is 1. The molecule has 0 aliphatic rings. The molecule has 0 aliphatic carbocycles. The summed E-state index contributed by atoms with van der Waals surface area (Å²) < 4.78 is 0. The topological polar surface area (TPSA) is 55.0 Å². The van der Waals surface area contributed by atoms with E-state index in [2.05, 4.69) is 24.0 Å². The third-order valence-electron chi connectivity index (χ3n) is 2.53. The monoisotopic (exact) mass is 194 g/mol. The van der Waals surface area contributed by atoms with Gasteiger partial charge >= 0.3 is 0 Å². The van der Waals surface area contributed by atoms with E-state index >= 15 is 0 Å². The Bertz CT molecular complexity index is 291. The van der Waals surface area contributed by atoms with Crippen molar-refractivity contribution in [2.45, 2.75) is 26.3 Å². The van der Waals surface area contributed by atoms with Crippen LogP contribution in [0.2, 0.25) is 0 Å². The quantitative estimate of drug-likeness (QED) is 0.778. The lowest BCUT2D eigenvalue weighted by Crippen LogP contribution is -2.47. The van der Waals surface area contributed by atoms with Gasteiger partial charge in [-0.05, 0) is 32.9 Å². The second kappa shape index (κ2) is 3.92. The molecule has 0 bridgehead atoms. The van der Waals surface area contributed by atoms with Gasteiger partial charge in [0.15, 0.2) is 5.82 Å². The highest BCUT2D eigenvalue weighted by Gasteiger charge is 2.22. The Labute approximate surface area is 85.1 Å². The van der Waals surface area contributed by atoms with Crippen molar-refractivity contribution in [3.05, 3.63) is 17.8 Å². The van der Waals surface area contributed by atoms with Gasteiger partial charge < -0.3 is 10.6 Å². The molecule has 4 heteroatoms. The summed E-state index contributed by atoms with van der Waals surface area (Å²) in [6, 6.07) is 3.91. The molecule has 0 radical (unpaired) electrons. The second-order valence-electron chi connectivity index (χ2n) is 4.11. The number of aryl methyl sites for hydroxylation is 1. The first kappa shape index (κ1) is 10.9. The van der Waals surface area contributed by atoms with Crippen LogP contribution in [-0.4, -0.2) is 29.3 Å². The molecule has 0 saturated carbocycles. The first-order chi connectivity index (χ1) is 6.47. The molecule has 0 saturated heterocycles. The van der Waals surface area contributed by atoms with Crippen molar-refractivity contribution in [2.75, 3.05) is 18.5 Å². The highest BCUT2D eigenvalue weighted by Crippen LogP contribution is 2.17. The fraction of sp³-hybridized carbons (Fsp3) is 0.600. The maximum Gasteiger partial charge on any atom is 0.151 e. The van der Waals surface area contributed by atoms with Crippen molar-refractivity contribution in [3.63, 3.8) is 0 Å². The molecule has 1 rings (SSSR count).